The van der Waals surface area contributed by atoms with Gasteiger partial charge in [0, 0.05) is 23.4 Å². The average Bonchev–Trinajstić information content (AvgIpc) is 2.54. The molecule has 0 saturated carbocycles. The summed E-state index contributed by atoms with van der Waals surface area (Å²) >= 11 is 0. The monoisotopic (exact) mass is 206 g/mol. The van der Waals surface area contributed by atoms with Crippen molar-refractivity contribution in [2.45, 2.75) is 39.0 Å². The topological polar surface area (TPSA) is 58.9 Å². The van der Waals surface area contributed by atoms with Crippen molar-refractivity contribution < 1.29 is 4.79 Å². The van der Waals surface area contributed by atoms with E-state index in [1.807, 2.05) is 6.92 Å². The zero-order valence-electron chi connectivity index (χ0n) is 9.23. The van der Waals surface area contributed by atoms with Crippen LogP contribution in [0, 0.1) is 6.92 Å². The molecule has 15 heavy (non-hydrogen) atoms. The minimum Gasteiger partial charge on any atom is -0.362 e. The summed E-state index contributed by atoms with van der Waals surface area (Å²) in [5.74, 6) is 0.203. The maximum Gasteiger partial charge on any atom is 0.166 e. The predicted octanol–water partition coefficient (Wildman–Crippen LogP) is 1.73. The van der Waals surface area contributed by atoms with Gasteiger partial charge in [0.05, 0.1) is 0 Å². The fraction of sp³-hybridized carbons (Fsp3) is 0.583. The summed E-state index contributed by atoms with van der Waals surface area (Å²) < 4.78 is 0. The van der Waals surface area contributed by atoms with E-state index in [2.05, 4.69) is 4.98 Å². The van der Waals surface area contributed by atoms with Crippen molar-refractivity contribution in [2.75, 3.05) is 6.54 Å². The van der Waals surface area contributed by atoms with E-state index in [1.54, 1.807) is 0 Å². The number of hydrogen-bond acceptors (Lipinski definition) is 2. The lowest BCUT2D eigenvalue weighted by Crippen LogP contribution is -2.11. The molecule has 1 aromatic heterocycles. The largest absolute Gasteiger partial charge is 0.362 e. The normalized spacial score (nSPS) is 15.1. The second kappa shape index (κ2) is 4.19. The lowest BCUT2D eigenvalue weighted by Gasteiger charge is -2.12. The van der Waals surface area contributed by atoms with Gasteiger partial charge in [0.1, 0.15) is 0 Å². The molecule has 82 valence electrons. The van der Waals surface area contributed by atoms with Crippen LogP contribution in [0.4, 0.5) is 0 Å². The minimum absolute atomic E-state index is 0.203. The van der Waals surface area contributed by atoms with Crippen LogP contribution in [0.2, 0.25) is 0 Å². The van der Waals surface area contributed by atoms with Gasteiger partial charge in [0.2, 0.25) is 0 Å². The Labute approximate surface area is 90.1 Å². The third-order valence-corrected chi connectivity index (χ3v) is 3.13. The van der Waals surface area contributed by atoms with Crippen molar-refractivity contribution in [3.8, 4) is 0 Å². The van der Waals surface area contributed by atoms with E-state index < -0.39 is 0 Å². The smallest absolute Gasteiger partial charge is 0.166 e. The van der Waals surface area contributed by atoms with Crippen LogP contribution < -0.4 is 5.73 Å². The first-order chi connectivity index (χ1) is 7.24. The number of nitrogens with two attached hydrogens (primary N) is 1. The number of ketones is 1. The number of fused-ring (bicyclic) bond motifs is 1. The van der Waals surface area contributed by atoms with E-state index in [0.717, 1.165) is 24.1 Å². The van der Waals surface area contributed by atoms with Crippen molar-refractivity contribution in [1.82, 2.24) is 4.98 Å². The average molecular weight is 206 g/mol. The van der Waals surface area contributed by atoms with E-state index in [4.69, 9.17) is 5.73 Å². The summed E-state index contributed by atoms with van der Waals surface area (Å²) in [5.41, 5.74) is 9.92. The van der Waals surface area contributed by atoms with Crippen LogP contribution in [-0.4, -0.2) is 17.3 Å². The Bertz CT molecular complexity index is 379. The van der Waals surface area contributed by atoms with Gasteiger partial charge in [-0.25, -0.2) is 0 Å². The van der Waals surface area contributed by atoms with Crippen molar-refractivity contribution in [1.29, 1.82) is 0 Å². The molecule has 0 fully saturated rings. The van der Waals surface area contributed by atoms with E-state index >= 15 is 0 Å². The quantitative estimate of drug-likeness (QED) is 0.740. The van der Waals surface area contributed by atoms with Gasteiger partial charge in [-0.3, -0.25) is 4.79 Å². The second-order valence-electron chi connectivity index (χ2n) is 4.25. The molecule has 0 unspecified atom stereocenters. The molecule has 1 heterocycles. The van der Waals surface area contributed by atoms with Gasteiger partial charge in [0.15, 0.2) is 5.78 Å². The molecule has 3 N–H and O–H groups in total. The maximum absolute atomic E-state index is 11.9. The molecule has 2 rings (SSSR count). The number of rotatable bonds is 3. The summed E-state index contributed by atoms with van der Waals surface area (Å²) in [6.07, 6.45) is 5.03. The van der Waals surface area contributed by atoms with Crippen LogP contribution in [0.5, 0.6) is 0 Å². The zero-order valence-corrected chi connectivity index (χ0v) is 9.23. The summed E-state index contributed by atoms with van der Waals surface area (Å²) in [6.45, 7) is 2.43. The van der Waals surface area contributed by atoms with Crippen LogP contribution in [0.25, 0.3) is 0 Å². The Kier molecular flexibility index (Phi) is 2.91. The molecule has 0 spiro atoms. The molecule has 3 nitrogen and oxygen atoms in total. The minimum atomic E-state index is 0.203. The predicted molar refractivity (Wildman–Crippen MR) is 60.2 cm³/mol. The van der Waals surface area contributed by atoms with Crippen molar-refractivity contribution in [3.63, 3.8) is 0 Å². The number of nitrogens with one attached hydrogen (secondary N) is 1. The molecular formula is C12H18N2O. The molecule has 1 aromatic rings. The Balaban J connectivity index is 2.37. The number of carbonyl (C=O) groups is 1. The highest BCUT2D eigenvalue weighted by Crippen LogP contribution is 2.27. The van der Waals surface area contributed by atoms with Gasteiger partial charge in [-0.1, -0.05) is 0 Å². The number of hydrogen-bond donors (Lipinski definition) is 2. The van der Waals surface area contributed by atoms with Gasteiger partial charge >= 0.3 is 0 Å². The molecule has 0 aromatic carbocycles. The van der Waals surface area contributed by atoms with Gasteiger partial charge in [-0.05, 0) is 44.7 Å². The summed E-state index contributed by atoms with van der Waals surface area (Å²) in [5, 5.41) is 0. The molecule has 3 heteroatoms. The van der Waals surface area contributed by atoms with Gasteiger partial charge in [-0.2, -0.15) is 0 Å². The molecule has 0 radical (unpaired) electrons. The SMILES string of the molecule is Cc1[nH]c2c(c1C(=O)CCN)CCCC2. The fourth-order valence-corrected chi connectivity index (χ4v) is 2.47. The van der Waals surface area contributed by atoms with Crippen molar-refractivity contribution in [2.24, 2.45) is 5.73 Å². The number of aromatic amines is 1. The Morgan fingerprint density at radius 3 is 2.87 bits per heavy atom. The number of Topliss-reactive ketones (excluding diaryl/α,β-unsaturated/α-hetero) is 1. The highest BCUT2D eigenvalue weighted by atomic mass is 16.1. The van der Waals surface area contributed by atoms with E-state index in [0.29, 0.717) is 13.0 Å². The molecule has 0 aliphatic heterocycles. The Morgan fingerprint density at radius 1 is 1.40 bits per heavy atom. The molecule has 0 bridgehead atoms. The molecular weight excluding hydrogens is 188 g/mol. The van der Waals surface area contributed by atoms with Crippen LogP contribution in [0.1, 0.15) is 46.6 Å². The van der Waals surface area contributed by atoms with Crippen LogP contribution in [0.3, 0.4) is 0 Å². The van der Waals surface area contributed by atoms with E-state index in [1.165, 1.54) is 24.1 Å². The van der Waals surface area contributed by atoms with E-state index in [9.17, 15) is 4.79 Å². The first-order valence-electron chi connectivity index (χ1n) is 5.67. The molecule has 0 saturated heterocycles. The van der Waals surface area contributed by atoms with Crippen molar-refractivity contribution >= 4 is 5.78 Å². The number of aryl methyl sites for hydroxylation is 2. The first-order valence-corrected chi connectivity index (χ1v) is 5.67. The number of H-pyrrole nitrogens is 1. The number of aromatic nitrogens is 1. The summed E-state index contributed by atoms with van der Waals surface area (Å²) in [6, 6.07) is 0. The Hall–Kier alpha value is -1.09. The molecule has 0 amide bonds. The lowest BCUT2D eigenvalue weighted by atomic mass is 9.92. The third kappa shape index (κ3) is 1.84. The summed E-state index contributed by atoms with van der Waals surface area (Å²) in [4.78, 5) is 15.2. The maximum atomic E-state index is 11.9. The Morgan fingerprint density at radius 2 is 2.13 bits per heavy atom. The highest BCUT2D eigenvalue weighted by molar-refractivity contribution is 5.99. The van der Waals surface area contributed by atoms with Crippen LogP contribution in [0.15, 0.2) is 0 Å². The first kappa shape index (κ1) is 10.4. The standard InChI is InChI=1S/C12H18N2O/c1-8-12(11(15)6-7-13)9-4-2-3-5-10(9)14-8/h14H,2-7,13H2,1H3. The van der Waals surface area contributed by atoms with E-state index in [-0.39, 0.29) is 5.78 Å². The van der Waals surface area contributed by atoms with Gasteiger partial charge < -0.3 is 10.7 Å². The lowest BCUT2D eigenvalue weighted by molar-refractivity contribution is 0.0984. The molecule has 0 atom stereocenters. The molecule has 1 aliphatic rings. The van der Waals surface area contributed by atoms with Crippen molar-refractivity contribution in [3.05, 3.63) is 22.5 Å². The third-order valence-electron chi connectivity index (χ3n) is 3.13. The zero-order chi connectivity index (χ0) is 10.8. The number of carbonyl (C=O) groups excluding carboxylic acids is 1. The van der Waals surface area contributed by atoms with Gasteiger partial charge in [-0.15, -0.1) is 0 Å². The fourth-order valence-electron chi connectivity index (χ4n) is 2.47. The second-order valence-corrected chi connectivity index (χ2v) is 4.25. The summed E-state index contributed by atoms with van der Waals surface area (Å²) in [7, 11) is 0. The van der Waals surface area contributed by atoms with Crippen LogP contribution in [-0.2, 0) is 12.8 Å². The van der Waals surface area contributed by atoms with Crippen LogP contribution >= 0.6 is 0 Å². The molecule has 1 aliphatic carbocycles. The highest BCUT2D eigenvalue weighted by Gasteiger charge is 2.21. The van der Waals surface area contributed by atoms with Gasteiger partial charge in [0.25, 0.3) is 0 Å².